The number of methoxy groups -OCH3 is 1. The van der Waals surface area contributed by atoms with Crippen molar-refractivity contribution in [2.24, 2.45) is 0 Å². The van der Waals surface area contributed by atoms with Crippen molar-refractivity contribution < 1.29 is 23.7 Å². The van der Waals surface area contributed by atoms with E-state index in [-0.39, 0.29) is 6.79 Å². The monoisotopic (exact) mass is 608 g/mol. The van der Waals surface area contributed by atoms with Gasteiger partial charge in [0, 0.05) is 18.4 Å². The Kier molecular flexibility index (Phi) is 10.1. The Bertz CT molecular complexity index is 1700. The van der Waals surface area contributed by atoms with Crippen molar-refractivity contribution in [1.29, 1.82) is 0 Å². The smallest absolute Gasteiger partial charge is 0.412 e. The molecule has 5 rings (SSSR count). The normalized spacial score (nSPS) is 11.6. The first-order valence-electron chi connectivity index (χ1n) is 14.3. The predicted octanol–water partition coefficient (Wildman–Crippen LogP) is 9.15. The molecule has 0 saturated heterocycles. The number of amides is 1. The number of ether oxygens (including phenoxy) is 4. The SMILES string of the molecule is COCCOCOc1ccc2nc(-c3ccc(/C=C/c4ccc(-c5ccc(NC(=O)OC(C)(C)C)cc5)cc4)cc3)sc2c1. The minimum Gasteiger partial charge on any atom is -0.468 e. The number of hydrogen-bond acceptors (Lipinski definition) is 7. The van der Waals surface area contributed by atoms with E-state index in [0.717, 1.165) is 48.8 Å². The summed E-state index contributed by atoms with van der Waals surface area (Å²) < 4.78 is 22.4. The third kappa shape index (κ3) is 8.76. The summed E-state index contributed by atoms with van der Waals surface area (Å²) >= 11 is 1.64. The van der Waals surface area contributed by atoms with Crippen LogP contribution in [0.15, 0.2) is 91.0 Å². The van der Waals surface area contributed by atoms with E-state index in [2.05, 4.69) is 66.0 Å². The summed E-state index contributed by atoms with van der Waals surface area (Å²) in [6.45, 7) is 6.74. The molecule has 1 N–H and O–H groups in total. The van der Waals surface area contributed by atoms with Crippen LogP contribution in [0, 0.1) is 0 Å². The fourth-order valence-corrected chi connectivity index (χ4v) is 5.31. The van der Waals surface area contributed by atoms with Crippen LogP contribution in [0.2, 0.25) is 0 Å². The number of hydrogen-bond donors (Lipinski definition) is 1. The first kappa shape index (κ1) is 30.9. The number of anilines is 1. The van der Waals surface area contributed by atoms with Gasteiger partial charge in [-0.15, -0.1) is 11.3 Å². The molecule has 8 heteroatoms. The van der Waals surface area contributed by atoms with Crippen molar-refractivity contribution in [1.82, 2.24) is 4.98 Å². The van der Waals surface area contributed by atoms with Gasteiger partial charge in [-0.3, -0.25) is 5.32 Å². The van der Waals surface area contributed by atoms with Crippen LogP contribution in [0.25, 0.3) is 44.1 Å². The van der Waals surface area contributed by atoms with Crippen molar-refractivity contribution in [2.75, 3.05) is 32.4 Å². The largest absolute Gasteiger partial charge is 0.468 e. The van der Waals surface area contributed by atoms with Crippen molar-refractivity contribution >= 4 is 45.5 Å². The summed E-state index contributed by atoms with van der Waals surface area (Å²) in [6, 6.07) is 30.4. The summed E-state index contributed by atoms with van der Waals surface area (Å²) in [6.07, 6.45) is 3.74. The summed E-state index contributed by atoms with van der Waals surface area (Å²) in [4.78, 5) is 16.8. The van der Waals surface area contributed by atoms with E-state index in [1.165, 1.54) is 0 Å². The number of fused-ring (bicyclic) bond motifs is 1. The van der Waals surface area contributed by atoms with Crippen molar-refractivity contribution in [3.63, 3.8) is 0 Å². The van der Waals surface area contributed by atoms with Crippen molar-refractivity contribution in [3.8, 4) is 27.4 Å². The molecule has 0 radical (unpaired) electrons. The number of benzene rings is 4. The molecule has 0 saturated carbocycles. The first-order chi connectivity index (χ1) is 21.3. The van der Waals surface area contributed by atoms with E-state index in [1.807, 2.05) is 63.2 Å². The lowest BCUT2D eigenvalue weighted by Gasteiger charge is -2.19. The van der Waals surface area contributed by atoms with Gasteiger partial charge < -0.3 is 18.9 Å². The van der Waals surface area contributed by atoms with Crippen LogP contribution in [0.3, 0.4) is 0 Å². The highest BCUT2D eigenvalue weighted by molar-refractivity contribution is 7.21. The number of aromatic nitrogens is 1. The zero-order valence-corrected chi connectivity index (χ0v) is 26.1. The Hall–Kier alpha value is -4.50. The van der Waals surface area contributed by atoms with E-state index < -0.39 is 11.7 Å². The maximum atomic E-state index is 12.0. The molecule has 0 atom stereocenters. The number of nitrogens with one attached hydrogen (secondary N) is 1. The number of rotatable bonds is 11. The number of thiazole rings is 1. The molecule has 0 unspecified atom stereocenters. The number of carbonyl (C=O) groups is 1. The molecule has 0 bridgehead atoms. The maximum absolute atomic E-state index is 12.0. The highest BCUT2D eigenvalue weighted by Crippen LogP contribution is 2.33. The summed E-state index contributed by atoms with van der Waals surface area (Å²) in [5.74, 6) is 0.754. The van der Waals surface area contributed by atoms with Gasteiger partial charge in [0.05, 0.1) is 23.4 Å². The summed E-state index contributed by atoms with van der Waals surface area (Å²) in [7, 11) is 1.64. The molecular weight excluding hydrogens is 572 g/mol. The van der Waals surface area contributed by atoms with Crippen molar-refractivity contribution in [3.05, 3.63) is 102 Å². The Morgan fingerprint density at radius 2 is 1.43 bits per heavy atom. The van der Waals surface area contributed by atoms with Gasteiger partial charge in [0.15, 0.2) is 6.79 Å². The third-order valence-corrected chi connectivity index (χ3v) is 7.57. The molecule has 1 aromatic heterocycles. The molecule has 7 nitrogen and oxygen atoms in total. The molecular formula is C36H36N2O5S. The van der Waals surface area contributed by atoms with Gasteiger partial charge in [-0.2, -0.15) is 0 Å². The highest BCUT2D eigenvalue weighted by atomic mass is 32.1. The van der Waals surface area contributed by atoms with E-state index in [1.54, 1.807) is 18.4 Å². The lowest BCUT2D eigenvalue weighted by molar-refractivity contribution is -0.00840. The Morgan fingerprint density at radius 3 is 2.05 bits per heavy atom. The summed E-state index contributed by atoms with van der Waals surface area (Å²) in [5.41, 5.74) is 6.55. The van der Waals surface area contributed by atoms with Gasteiger partial charge in [-0.1, -0.05) is 72.8 Å². The Balaban J connectivity index is 1.16. The first-order valence-corrected chi connectivity index (χ1v) is 15.2. The zero-order chi connectivity index (χ0) is 30.9. The summed E-state index contributed by atoms with van der Waals surface area (Å²) in [5, 5.41) is 3.73. The maximum Gasteiger partial charge on any atom is 0.412 e. The molecule has 4 aromatic carbocycles. The van der Waals surface area contributed by atoms with Gasteiger partial charge in [-0.25, -0.2) is 9.78 Å². The fraction of sp³-hybridized carbons (Fsp3) is 0.222. The van der Waals surface area contributed by atoms with Crippen LogP contribution in [-0.2, 0) is 14.2 Å². The van der Waals surface area contributed by atoms with Gasteiger partial charge in [0.2, 0.25) is 0 Å². The van der Waals surface area contributed by atoms with Gasteiger partial charge >= 0.3 is 6.09 Å². The van der Waals surface area contributed by atoms with Crippen LogP contribution in [0.5, 0.6) is 5.75 Å². The molecule has 226 valence electrons. The fourth-order valence-electron chi connectivity index (χ4n) is 4.31. The number of carbonyl (C=O) groups excluding carboxylic acids is 1. The minimum absolute atomic E-state index is 0.185. The molecule has 0 aliphatic carbocycles. The Morgan fingerprint density at radius 1 is 0.818 bits per heavy atom. The minimum atomic E-state index is -0.538. The predicted molar refractivity (Wildman–Crippen MR) is 179 cm³/mol. The average Bonchev–Trinajstić information content (AvgIpc) is 3.43. The van der Waals surface area contributed by atoms with Crippen LogP contribution in [0.4, 0.5) is 10.5 Å². The molecule has 0 fully saturated rings. The third-order valence-electron chi connectivity index (χ3n) is 6.50. The van der Waals surface area contributed by atoms with Gasteiger partial charge in [0.1, 0.15) is 16.4 Å². The average molecular weight is 609 g/mol. The van der Waals surface area contributed by atoms with Crippen LogP contribution >= 0.6 is 11.3 Å². The molecule has 0 aliphatic rings. The molecule has 5 aromatic rings. The molecule has 1 heterocycles. The Labute approximate surface area is 262 Å². The van der Waals surface area contributed by atoms with E-state index in [9.17, 15) is 4.79 Å². The van der Waals surface area contributed by atoms with Gasteiger partial charge in [-0.05, 0) is 73.4 Å². The lowest BCUT2D eigenvalue weighted by Crippen LogP contribution is -2.27. The standard InChI is InChI=1S/C36H36N2O5S/c1-36(2,3)43-35(39)37-30-17-15-28(16-18-30)27-11-7-25(8-12-27)5-6-26-9-13-29(14-10-26)34-38-32-20-19-31(23-33(32)44-34)42-24-41-22-21-40-4/h5-20,23H,21-22,24H2,1-4H3,(H,37,39)/b6-5+. The van der Waals surface area contributed by atoms with Crippen LogP contribution in [-0.4, -0.2) is 43.8 Å². The van der Waals surface area contributed by atoms with E-state index >= 15 is 0 Å². The van der Waals surface area contributed by atoms with Crippen molar-refractivity contribution in [2.45, 2.75) is 26.4 Å². The van der Waals surface area contributed by atoms with E-state index in [4.69, 9.17) is 23.9 Å². The topological polar surface area (TPSA) is 78.9 Å². The van der Waals surface area contributed by atoms with E-state index in [0.29, 0.717) is 18.9 Å². The molecule has 0 spiro atoms. The molecule has 44 heavy (non-hydrogen) atoms. The quantitative estimate of drug-likeness (QED) is 0.0915. The lowest BCUT2D eigenvalue weighted by atomic mass is 10.0. The zero-order valence-electron chi connectivity index (χ0n) is 25.3. The van der Waals surface area contributed by atoms with Crippen LogP contribution < -0.4 is 10.1 Å². The van der Waals surface area contributed by atoms with Crippen LogP contribution in [0.1, 0.15) is 31.9 Å². The number of nitrogens with zero attached hydrogens (tertiary/aromatic N) is 1. The highest BCUT2D eigenvalue weighted by Gasteiger charge is 2.16. The second-order valence-electron chi connectivity index (χ2n) is 11.1. The second kappa shape index (κ2) is 14.3. The second-order valence-corrected chi connectivity index (χ2v) is 12.1. The molecule has 0 aliphatic heterocycles. The molecule has 1 amide bonds. The van der Waals surface area contributed by atoms with Gasteiger partial charge in [0.25, 0.3) is 0 Å².